The Kier molecular flexibility index (Phi) is 8.35. The number of fused-ring (bicyclic) bond motifs is 1. The predicted octanol–water partition coefficient (Wildman–Crippen LogP) is 6.53. The molecule has 43 heavy (non-hydrogen) atoms. The molecule has 1 saturated heterocycles. The average Bonchev–Trinajstić information content (AvgIpc) is 3.61. The van der Waals surface area contributed by atoms with Gasteiger partial charge >= 0.3 is 0 Å². The third-order valence-corrected chi connectivity index (χ3v) is 7.29. The molecule has 0 spiro atoms. The number of nitrogens with zero attached hydrogens (tertiary/aromatic N) is 5. The lowest BCUT2D eigenvalue weighted by molar-refractivity contribution is -0.127. The highest BCUT2D eigenvalue weighted by Crippen LogP contribution is 2.36. The number of rotatable bonds is 8. The normalized spacial score (nSPS) is 15.4. The highest BCUT2D eigenvalue weighted by atomic mass is 19.1. The van der Waals surface area contributed by atoms with Crippen molar-refractivity contribution in [1.29, 1.82) is 5.26 Å². The first kappa shape index (κ1) is 29.6. The second kappa shape index (κ2) is 12.1. The first-order valence-electron chi connectivity index (χ1n) is 14.1. The first-order valence-corrected chi connectivity index (χ1v) is 14.1. The van der Waals surface area contributed by atoms with E-state index in [0.29, 0.717) is 30.3 Å². The Morgan fingerprint density at radius 2 is 1.81 bits per heavy atom. The maximum absolute atomic E-state index is 14.6. The van der Waals surface area contributed by atoms with Crippen LogP contribution >= 0.6 is 0 Å². The number of methoxy groups -OCH3 is 2. The van der Waals surface area contributed by atoms with Gasteiger partial charge in [0.25, 0.3) is 5.91 Å². The third-order valence-electron chi connectivity index (χ3n) is 7.29. The van der Waals surface area contributed by atoms with Crippen LogP contribution in [0.5, 0.6) is 23.0 Å². The monoisotopic (exact) mass is 583 g/mol. The standard InChI is InChI=1S/C33H34FN5O4/c1-33(2,3)16-22(17-35)32(40)38-15-7-8-23(38)20-39-31-25(18-36-19-28(31)42-5)30(37-39)21-11-13-24(14-12-21)43-27-10-6-9-26(41-4)29(27)34/h6,9-14,16,18-19,23H,7-8,15,20H2,1-5H3/b22-16+. The van der Waals surface area contributed by atoms with Crippen LogP contribution in [0.15, 0.2) is 66.5 Å². The molecule has 0 saturated carbocycles. The highest BCUT2D eigenvalue weighted by Gasteiger charge is 2.32. The van der Waals surface area contributed by atoms with Crippen molar-refractivity contribution in [2.75, 3.05) is 20.8 Å². The summed E-state index contributed by atoms with van der Waals surface area (Å²) in [5, 5.41) is 15.5. The highest BCUT2D eigenvalue weighted by molar-refractivity contribution is 5.98. The molecule has 1 atom stereocenters. The van der Waals surface area contributed by atoms with Crippen molar-refractivity contribution >= 4 is 16.8 Å². The van der Waals surface area contributed by atoms with Crippen LogP contribution in [0.4, 0.5) is 4.39 Å². The molecule has 5 rings (SSSR count). The lowest BCUT2D eigenvalue weighted by Gasteiger charge is -2.25. The lowest BCUT2D eigenvalue weighted by atomic mass is 9.93. The number of nitriles is 1. The van der Waals surface area contributed by atoms with E-state index in [9.17, 15) is 14.4 Å². The van der Waals surface area contributed by atoms with Crippen LogP contribution in [0, 0.1) is 22.6 Å². The van der Waals surface area contributed by atoms with Crippen molar-refractivity contribution in [1.82, 2.24) is 19.7 Å². The number of benzene rings is 2. The molecule has 2 aromatic heterocycles. The summed E-state index contributed by atoms with van der Waals surface area (Å²) in [6.45, 7) is 6.89. The van der Waals surface area contributed by atoms with E-state index >= 15 is 0 Å². The number of ether oxygens (including phenoxy) is 3. The number of aromatic nitrogens is 3. The smallest absolute Gasteiger partial charge is 0.264 e. The molecular formula is C33H34FN5O4. The van der Waals surface area contributed by atoms with Gasteiger partial charge in [-0.3, -0.25) is 14.5 Å². The minimum absolute atomic E-state index is 0.0586. The summed E-state index contributed by atoms with van der Waals surface area (Å²) in [5.41, 5.74) is 2.10. The van der Waals surface area contributed by atoms with Crippen LogP contribution in [-0.4, -0.2) is 52.4 Å². The number of carbonyl (C=O) groups is 1. The molecule has 1 unspecified atom stereocenters. The molecule has 1 amide bonds. The van der Waals surface area contributed by atoms with Crippen LogP contribution in [0.2, 0.25) is 0 Å². The number of likely N-dealkylation sites (tertiary alicyclic amines) is 1. The van der Waals surface area contributed by atoms with Gasteiger partial charge in [0.05, 0.1) is 38.4 Å². The predicted molar refractivity (Wildman–Crippen MR) is 160 cm³/mol. The Hall–Kier alpha value is -4.91. The SMILES string of the molecule is COc1cccc(Oc2ccc(-c3nn(CC4CCCN4C(=O)/C(C#N)=C/C(C)(C)C)c4c(OC)cncc34)cc2)c1F. The fourth-order valence-corrected chi connectivity index (χ4v) is 5.35. The number of hydrogen-bond acceptors (Lipinski definition) is 7. The van der Waals surface area contributed by atoms with Gasteiger partial charge in [-0.2, -0.15) is 14.8 Å². The van der Waals surface area contributed by atoms with E-state index in [1.807, 2.05) is 37.6 Å². The van der Waals surface area contributed by atoms with Crippen molar-refractivity contribution in [2.45, 2.75) is 46.2 Å². The van der Waals surface area contributed by atoms with Crippen molar-refractivity contribution in [3.05, 3.63) is 72.3 Å². The van der Waals surface area contributed by atoms with Gasteiger partial charge in [0.2, 0.25) is 5.82 Å². The van der Waals surface area contributed by atoms with Crippen LogP contribution in [0.25, 0.3) is 22.2 Å². The van der Waals surface area contributed by atoms with Gasteiger partial charge in [-0.15, -0.1) is 0 Å². The van der Waals surface area contributed by atoms with Gasteiger partial charge in [0.15, 0.2) is 17.2 Å². The minimum atomic E-state index is -0.577. The zero-order chi connectivity index (χ0) is 30.7. The Morgan fingerprint density at radius 3 is 2.49 bits per heavy atom. The zero-order valence-corrected chi connectivity index (χ0v) is 24.9. The summed E-state index contributed by atoms with van der Waals surface area (Å²) >= 11 is 0. The van der Waals surface area contributed by atoms with Gasteiger partial charge in [0.1, 0.15) is 28.6 Å². The zero-order valence-electron chi connectivity index (χ0n) is 24.9. The van der Waals surface area contributed by atoms with E-state index in [0.717, 1.165) is 29.3 Å². The van der Waals surface area contributed by atoms with Crippen LogP contribution in [0.3, 0.4) is 0 Å². The number of pyridine rings is 1. The quantitative estimate of drug-likeness (QED) is 0.172. The van der Waals surface area contributed by atoms with Gasteiger partial charge in [-0.1, -0.05) is 32.9 Å². The van der Waals surface area contributed by atoms with Crippen molar-refractivity contribution in [2.24, 2.45) is 5.41 Å². The van der Waals surface area contributed by atoms with Gasteiger partial charge in [-0.25, -0.2) is 0 Å². The van der Waals surface area contributed by atoms with E-state index in [1.165, 1.54) is 19.2 Å². The Morgan fingerprint density at radius 1 is 1.09 bits per heavy atom. The maximum atomic E-state index is 14.6. The summed E-state index contributed by atoms with van der Waals surface area (Å²) in [6.07, 6.45) is 6.74. The Labute approximate surface area is 250 Å². The van der Waals surface area contributed by atoms with Gasteiger partial charge < -0.3 is 19.1 Å². The van der Waals surface area contributed by atoms with Gasteiger partial charge in [-0.05, 0) is 54.7 Å². The number of hydrogen-bond donors (Lipinski definition) is 0. The topological polar surface area (TPSA) is 102 Å². The molecule has 0 bridgehead atoms. The van der Waals surface area contributed by atoms with Gasteiger partial charge in [0, 0.05) is 18.3 Å². The van der Waals surface area contributed by atoms with E-state index < -0.39 is 5.82 Å². The summed E-state index contributed by atoms with van der Waals surface area (Å²) in [6, 6.07) is 13.9. The molecule has 0 aliphatic carbocycles. The van der Waals surface area contributed by atoms with E-state index in [1.54, 1.807) is 48.7 Å². The average molecular weight is 584 g/mol. The second-order valence-corrected chi connectivity index (χ2v) is 11.5. The fraction of sp³-hybridized carbons (Fsp3) is 0.333. The molecule has 9 nitrogen and oxygen atoms in total. The molecular weight excluding hydrogens is 549 g/mol. The third kappa shape index (κ3) is 6.16. The summed E-state index contributed by atoms with van der Waals surface area (Å²) in [7, 11) is 2.99. The van der Waals surface area contributed by atoms with Crippen LogP contribution < -0.4 is 14.2 Å². The molecule has 2 aromatic carbocycles. The molecule has 222 valence electrons. The molecule has 3 heterocycles. The molecule has 1 aliphatic rings. The summed E-state index contributed by atoms with van der Waals surface area (Å²) in [5.74, 6) is 0.339. The molecule has 10 heteroatoms. The lowest BCUT2D eigenvalue weighted by Crippen LogP contribution is -2.39. The molecule has 1 aliphatic heterocycles. The minimum Gasteiger partial charge on any atom is -0.494 e. The molecule has 0 N–H and O–H groups in total. The number of halogens is 1. The molecule has 4 aromatic rings. The van der Waals surface area contributed by atoms with Crippen molar-refractivity contribution in [3.8, 4) is 40.3 Å². The largest absolute Gasteiger partial charge is 0.494 e. The fourth-order valence-electron chi connectivity index (χ4n) is 5.35. The number of amides is 1. The molecule has 1 fully saturated rings. The van der Waals surface area contributed by atoms with E-state index in [2.05, 4.69) is 11.1 Å². The summed E-state index contributed by atoms with van der Waals surface area (Å²) < 4.78 is 32.9. The second-order valence-electron chi connectivity index (χ2n) is 11.5. The first-order chi connectivity index (χ1) is 20.6. The van der Waals surface area contributed by atoms with Crippen molar-refractivity contribution in [3.63, 3.8) is 0 Å². The number of allylic oxidation sites excluding steroid dienone is 1. The van der Waals surface area contributed by atoms with Crippen molar-refractivity contribution < 1.29 is 23.4 Å². The molecule has 0 radical (unpaired) electrons. The van der Waals surface area contributed by atoms with E-state index in [4.69, 9.17) is 19.3 Å². The summed E-state index contributed by atoms with van der Waals surface area (Å²) in [4.78, 5) is 19.6. The van der Waals surface area contributed by atoms with E-state index in [-0.39, 0.29) is 34.4 Å². The number of carbonyl (C=O) groups excluding carboxylic acids is 1. The van der Waals surface area contributed by atoms with Crippen LogP contribution in [0.1, 0.15) is 33.6 Å². The maximum Gasteiger partial charge on any atom is 0.264 e. The van der Waals surface area contributed by atoms with Crippen LogP contribution in [-0.2, 0) is 11.3 Å². The Bertz CT molecular complexity index is 1720. The Balaban J connectivity index is 1.46.